The van der Waals surface area contributed by atoms with E-state index in [1.165, 1.54) is 6.08 Å². The predicted molar refractivity (Wildman–Crippen MR) is 81.5 cm³/mol. The second kappa shape index (κ2) is 7.46. The Morgan fingerprint density at radius 3 is 2.85 bits per heavy atom. The molecule has 0 aliphatic heterocycles. The number of hydrogen-bond acceptors (Lipinski definition) is 2. The van der Waals surface area contributed by atoms with Crippen molar-refractivity contribution in [2.24, 2.45) is 5.92 Å². The number of amides is 1. The van der Waals surface area contributed by atoms with Crippen LogP contribution in [-0.4, -0.2) is 23.7 Å². The third kappa shape index (κ3) is 4.36. The summed E-state index contributed by atoms with van der Waals surface area (Å²) in [7, 11) is 0. The number of halogens is 1. The van der Waals surface area contributed by atoms with Gasteiger partial charge < -0.3 is 10.4 Å². The number of aliphatic hydroxyl groups excluding tert-OH is 1. The fourth-order valence-electron chi connectivity index (χ4n) is 2.49. The number of rotatable bonds is 4. The Kier molecular flexibility index (Phi) is 5.62. The van der Waals surface area contributed by atoms with Crippen LogP contribution in [0.4, 0.5) is 0 Å². The molecule has 0 spiro atoms. The predicted octanol–water partition coefficient (Wildman–Crippen LogP) is 3.02. The molecule has 1 saturated carbocycles. The average molecular weight is 294 g/mol. The highest BCUT2D eigenvalue weighted by Crippen LogP contribution is 2.23. The monoisotopic (exact) mass is 293 g/mol. The van der Waals surface area contributed by atoms with Gasteiger partial charge in [-0.2, -0.15) is 0 Å². The zero-order valence-electron chi connectivity index (χ0n) is 11.4. The van der Waals surface area contributed by atoms with Gasteiger partial charge in [0.1, 0.15) is 0 Å². The highest BCUT2D eigenvalue weighted by Gasteiger charge is 2.22. The molecule has 0 bridgehead atoms. The summed E-state index contributed by atoms with van der Waals surface area (Å²) in [5.74, 6) is 0.0316. The Morgan fingerprint density at radius 2 is 2.10 bits per heavy atom. The van der Waals surface area contributed by atoms with Crippen LogP contribution in [0, 0.1) is 5.92 Å². The SMILES string of the molecule is O=C(C=Cc1ccccc1Cl)NCC1CCCCC1O. The van der Waals surface area contributed by atoms with Crippen LogP contribution < -0.4 is 5.32 Å². The molecule has 20 heavy (non-hydrogen) atoms. The van der Waals surface area contributed by atoms with Crippen molar-refractivity contribution in [3.63, 3.8) is 0 Å². The van der Waals surface area contributed by atoms with Crippen molar-refractivity contribution in [3.8, 4) is 0 Å². The molecule has 2 N–H and O–H groups in total. The number of hydrogen-bond donors (Lipinski definition) is 2. The Bertz CT molecular complexity index is 487. The van der Waals surface area contributed by atoms with Crippen LogP contribution in [0.2, 0.25) is 5.02 Å². The number of carbonyl (C=O) groups is 1. The van der Waals surface area contributed by atoms with Crippen LogP contribution in [0.5, 0.6) is 0 Å². The number of nitrogens with one attached hydrogen (secondary N) is 1. The fourth-order valence-corrected chi connectivity index (χ4v) is 2.69. The molecule has 0 aromatic heterocycles. The van der Waals surface area contributed by atoms with Crippen molar-refractivity contribution in [1.29, 1.82) is 0 Å². The van der Waals surface area contributed by atoms with Crippen molar-refractivity contribution >= 4 is 23.6 Å². The third-order valence-electron chi connectivity index (χ3n) is 3.73. The van der Waals surface area contributed by atoms with Crippen molar-refractivity contribution in [2.45, 2.75) is 31.8 Å². The minimum Gasteiger partial charge on any atom is -0.393 e. The van der Waals surface area contributed by atoms with Crippen LogP contribution >= 0.6 is 11.6 Å². The molecule has 4 heteroatoms. The summed E-state index contributed by atoms with van der Waals surface area (Å²) >= 11 is 6.01. The van der Waals surface area contributed by atoms with Gasteiger partial charge >= 0.3 is 0 Å². The lowest BCUT2D eigenvalue weighted by atomic mass is 9.86. The summed E-state index contributed by atoms with van der Waals surface area (Å²) < 4.78 is 0. The summed E-state index contributed by atoms with van der Waals surface area (Å²) in [6.45, 7) is 0.535. The van der Waals surface area contributed by atoms with E-state index < -0.39 is 0 Å². The van der Waals surface area contributed by atoms with Gasteiger partial charge in [-0.1, -0.05) is 42.6 Å². The number of aliphatic hydroxyl groups is 1. The molecule has 1 amide bonds. The molecule has 108 valence electrons. The second-order valence-corrected chi connectivity index (χ2v) is 5.62. The Labute approximate surface area is 124 Å². The van der Waals surface area contributed by atoms with Gasteiger partial charge in [0.05, 0.1) is 6.10 Å². The first-order chi connectivity index (χ1) is 9.66. The van der Waals surface area contributed by atoms with Crippen LogP contribution in [0.15, 0.2) is 30.3 Å². The van der Waals surface area contributed by atoms with E-state index in [0.29, 0.717) is 11.6 Å². The van der Waals surface area contributed by atoms with Gasteiger partial charge in [0.2, 0.25) is 5.91 Å². The van der Waals surface area contributed by atoms with Gasteiger partial charge in [0.15, 0.2) is 0 Å². The Balaban J connectivity index is 1.82. The lowest BCUT2D eigenvalue weighted by molar-refractivity contribution is -0.116. The molecule has 2 atom stereocenters. The summed E-state index contributed by atoms with van der Waals surface area (Å²) in [5.41, 5.74) is 0.821. The highest BCUT2D eigenvalue weighted by atomic mass is 35.5. The first-order valence-electron chi connectivity index (χ1n) is 7.05. The fraction of sp³-hybridized carbons (Fsp3) is 0.438. The first kappa shape index (κ1) is 15.1. The van der Waals surface area contributed by atoms with Crippen molar-refractivity contribution in [1.82, 2.24) is 5.32 Å². The van der Waals surface area contributed by atoms with Crippen LogP contribution in [0.3, 0.4) is 0 Å². The number of carbonyl (C=O) groups excluding carboxylic acids is 1. The maximum atomic E-state index is 11.8. The zero-order chi connectivity index (χ0) is 14.4. The first-order valence-corrected chi connectivity index (χ1v) is 7.43. The molecule has 2 unspecified atom stereocenters. The van der Waals surface area contributed by atoms with E-state index >= 15 is 0 Å². The summed E-state index contributed by atoms with van der Waals surface area (Å²) in [6.07, 6.45) is 6.94. The van der Waals surface area contributed by atoms with Gasteiger partial charge in [-0.05, 0) is 30.5 Å². The molecule has 1 aromatic rings. The average Bonchev–Trinajstić information content (AvgIpc) is 2.45. The maximum Gasteiger partial charge on any atom is 0.244 e. The van der Waals surface area contributed by atoms with E-state index in [1.807, 2.05) is 18.2 Å². The largest absolute Gasteiger partial charge is 0.393 e. The molecule has 1 aliphatic carbocycles. The van der Waals surface area contributed by atoms with Crippen molar-refractivity contribution in [3.05, 3.63) is 40.9 Å². The van der Waals surface area contributed by atoms with Crippen LogP contribution in [0.25, 0.3) is 6.08 Å². The molecule has 0 radical (unpaired) electrons. The summed E-state index contributed by atoms with van der Waals surface area (Å²) in [4.78, 5) is 11.8. The van der Waals surface area contributed by atoms with Gasteiger partial charge in [-0.15, -0.1) is 0 Å². The van der Waals surface area contributed by atoms with Gasteiger partial charge in [-0.25, -0.2) is 0 Å². The van der Waals surface area contributed by atoms with E-state index in [4.69, 9.17) is 11.6 Å². The van der Waals surface area contributed by atoms with E-state index in [9.17, 15) is 9.90 Å². The molecule has 0 heterocycles. The van der Waals surface area contributed by atoms with Gasteiger partial charge in [0, 0.05) is 23.6 Å². The van der Waals surface area contributed by atoms with E-state index in [2.05, 4.69) is 5.32 Å². The standard InChI is InChI=1S/C16H20ClNO2/c17-14-7-3-1-5-12(14)9-10-16(20)18-11-13-6-2-4-8-15(13)19/h1,3,5,7,9-10,13,15,19H,2,4,6,8,11H2,(H,18,20). The van der Waals surface area contributed by atoms with Gasteiger partial charge in [-0.3, -0.25) is 4.79 Å². The lowest BCUT2D eigenvalue weighted by Crippen LogP contribution is -2.36. The molecule has 1 aromatic carbocycles. The molecule has 2 rings (SSSR count). The molecule has 1 aliphatic rings. The summed E-state index contributed by atoms with van der Waals surface area (Å²) in [5, 5.41) is 13.3. The topological polar surface area (TPSA) is 49.3 Å². The van der Waals surface area contributed by atoms with Crippen molar-refractivity contribution < 1.29 is 9.90 Å². The minimum atomic E-state index is -0.281. The molecular formula is C16H20ClNO2. The van der Waals surface area contributed by atoms with E-state index in [1.54, 1.807) is 12.1 Å². The third-order valence-corrected chi connectivity index (χ3v) is 4.07. The van der Waals surface area contributed by atoms with E-state index in [-0.39, 0.29) is 17.9 Å². The molecule has 3 nitrogen and oxygen atoms in total. The minimum absolute atomic E-state index is 0.150. The van der Waals surface area contributed by atoms with Crippen LogP contribution in [-0.2, 0) is 4.79 Å². The smallest absolute Gasteiger partial charge is 0.244 e. The Morgan fingerprint density at radius 1 is 1.35 bits per heavy atom. The van der Waals surface area contributed by atoms with Gasteiger partial charge in [0.25, 0.3) is 0 Å². The number of benzene rings is 1. The molecule has 0 saturated heterocycles. The second-order valence-electron chi connectivity index (χ2n) is 5.21. The van der Waals surface area contributed by atoms with Crippen molar-refractivity contribution in [2.75, 3.05) is 6.54 Å². The quantitative estimate of drug-likeness (QED) is 0.839. The van der Waals surface area contributed by atoms with E-state index in [0.717, 1.165) is 31.2 Å². The Hall–Kier alpha value is -1.32. The normalized spacial score (nSPS) is 22.9. The van der Waals surface area contributed by atoms with Crippen LogP contribution in [0.1, 0.15) is 31.2 Å². The lowest BCUT2D eigenvalue weighted by Gasteiger charge is -2.27. The summed E-state index contributed by atoms with van der Waals surface area (Å²) in [6, 6.07) is 7.38. The highest BCUT2D eigenvalue weighted by molar-refractivity contribution is 6.32. The molecular weight excluding hydrogens is 274 g/mol. The zero-order valence-corrected chi connectivity index (χ0v) is 12.1. The molecule has 1 fully saturated rings. The maximum absolute atomic E-state index is 11.8.